The summed E-state index contributed by atoms with van der Waals surface area (Å²) >= 11 is 2.45. The Morgan fingerprint density at radius 1 is 1.26 bits per heavy atom. The Labute approximate surface area is 211 Å². The van der Waals surface area contributed by atoms with E-state index in [1.54, 1.807) is 27.5 Å². The lowest BCUT2D eigenvalue weighted by atomic mass is 10.2. The van der Waals surface area contributed by atoms with Gasteiger partial charge in [0.1, 0.15) is 28.8 Å². The lowest BCUT2D eigenvalue weighted by molar-refractivity contribution is -0.132. The number of aliphatic hydroxyl groups excluding tert-OH is 1. The molecule has 5 N–H and O–H groups in total. The van der Waals surface area contributed by atoms with Crippen LogP contribution >= 0.6 is 34.1 Å². The van der Waals surface area contributed by atoms with Crippen molar-refractivity contribution in [2.24, 2.45) is 5.73 Å². The molecule has 0 spiro atoms. The van der Waals surface area contributed by atoms with Crippen molar-refractivity contribution in [2.45, 2.75) is 32.0 Å². The van der Waals surface area contributed by atoms with Gasteiger partial charge in [0.25, 0.3) is 5.91 Å². The topological polar surface area (TPSA) is 147 Å². The fraction of sp³-hybridized carbons (Fsp3) is 0.400. The molecule has 184 valence electrons. The largest absolute Gasteiger partial charge is 0.471 e. The van der Waals surface area contributed by atoms with Gasteiger partial charge in [-0.2, -0.15) is 4.37 Å². The molecule has 1 aromatic carbocycles. The third kappa shape index (κ3) is 6.73. The quantitative estimate of drug-likeness (QED) is 0.321. The molecule has 0 radical (unpaired) electrons. The van der Waals surface area contributed by atoms with E-state index in [-0.39, 0.29) is 40.9 Å². The molecule has 1 saturated heterocycles. The summed E-state index contributed by atoms with van der Waals surface area (Å²) in [6, 6.07) is 1.48. The number of halogens is 3. The minimum Gasteiger partial charge on any atom is -0.471 e. The molecule has 10 nitrogen and oxygen atoms in total. The second kappa shape index (κ2) is 11.7. The Hall–Kier alpha value is -2.59. The van der Waals surface area contributed by atoms with E-state index in [4.69, 9.17) is 10.5 Å². The van der Waals surface area contributed by atoms with Crippen LogP contribution in [0.15, 0.2) is 12.1 Å². The highest BCUT2D eigenvalue weighted by molar-refractivity contribution is 14.1. The number of hydrogen-bond donors (Lipinski definition) is 4. The number of ether oxygens (including phenoxy) is 1. The van der Waals surface area contributed by atoms with Crippen LogP contribution in [0.2, 0.25) is 0 Å². The van der Waals surface area contributed by atoms with E-state index in [0.717, 1.165) is 25.0 Å². The number of nitrogens with one attached hydrogen (secondary N) is 2. The Morgan fingerprint density at radius 2 is 1.91 bits per heavy atom. The molecule has 1 atom stereocenters. The van der Waals surface area contributed by atoms with Gasteiger partial charge < -0.3 is 25.8 Å². The van der Waals surface area contributed by atoms with Crippen LogP contribution in [0.4, 0.5) is 18.6 Å². The van der Waals surface area contributed by atoms with Crippen molar-refractivity contribution in [1.82, 2.24) is 14.6 Å². The first-order valence-electron chi connectivity index (χ1n) is 10.2. The summed E-state index contributed by atoms with van der Waals surface area (Å²) in [7, 11) is 0. The summed E-state index contributed by atoms with van der Waals surface area (Å²) < 4.78 is 37.6. The molecule has 0 saturated carbocycles. The van der Waals surface area contributed by atoms with Gasteiger partial charge in [-0.1, -0.05) is 0 Å². The highest BCUT2D eigenvalue weighted by atomic mass is 127. The maximum Gasteiger partial charge on any atom is 0.320 e. The maximum atomic E-state index is 14.0. The number of carbonyl (C=O) groups excluding carboxylic acids is 3. The molecule has 4 amide bonds. The van der Waals surface area contributed by atoms with Crippen molar-refractivity contribution in [3.05, 3.63) is 38.5 Å². The standard InChI is InChI=1S/C20H22F2IN5O5S/c21-13-5-10(23)6-14(22)12(13)9-33-18-16(17(24)31)19(34-27-18)26-20(32)25-8-11(29)7-15(30)28-3-1-2-4-28/h5-6,11,29H,1-4,7-9H2,(H2,24,31)(H2,25,26,32). The normalized spacial score (nSPS) is 14.1. The molecule has 14 heteroatoms. The van der Waals surface area contributed by atoms with Crippen molar-refractivity contribution in [3.63, 3.8) is 0 Å². The Morgan fingerprint density at radius 3 is 2.53 bits per heavy atom. The number of hydrogen-bond acceptors (Lipinski definition) is 7. The summed E-state index contributed by atoms with van der Waals surface area (Å²) in [5.41, 5.74) is 4.75. The van der Waals surface area contributed by atoms with E-state index in [1.165, 1.54) is 0 Å². The number of aromatic nitrogens is 1. The maximum absolute atomic E-state index is 14.0. The molecule has 1 fully saturated rings. The van der Waals surface area contributed by atoms with Crippen LogP contribution in [-0.2, 0) is 11.4 Å². The van der Waals surface area contributed by atoms with E-state index >= 15 is 0 Å². The van der Waals surface area contributed by atoms with E-state index in [0.29, 0.717) is 28.2 Å². The second-order valence-electron chi connectivity index (χ2n) is 7.47. The average molecular weight is 609 g/mol. The number of benzene rings is 1. The molecule has 0 aliphatic carbocycles. The highest BCUT2D eigenvalue weighted by Crippen LogP contribution is 2.31. The molecule has 1 aromatic heterocycles. The molecule has 1 aliphatic heterocycles. The monoisotopic (exact) mass is 609 g/mol. The zero-order valence-electron chi connectivity index (χ0n) is 17.8. The van der Waals surface area contributed by atoms with Gasteiger partial charge in [0.05, 0.1) is 18.1 Å². The number of nitrogens with zero attached hydrogens (tertiary/aromatic N) is 2. The number of nitrogens with two attached hydrogens (primary N) is 1. The van der Waals surface area contributed by atoms with E-state index in [1.807, 2.05) is 0 Å². The lowest BCUT2D eigenvalue weighted by Gasteiger charge is -2.18. The number of carbonyl (C=O) groups is 3. The first-order chi connectivity index (χ1) is 16.2. The van der Waals surface area contributed by atoms with Gasteiger partial charge in [-0.05, 0) is 59.1 Å². The van der Waals surface area contributed by atoms with Crippen LogP contribution in [0.5, 0.6) is 5.88 Å². The predicted octanol–water partition coefficient (Wildman–Crippen LogP) is 2.20. The molecular weight excluding hydrogens is 587 g/mol. The zero-order valence-corrected chi connectivity index (χ0v) is 20.7. The van der Waals surface area contributed by atoms with Gasteiger partial charge in [-0.15, -0.1) is 0 Å². The van der Waals surface area contributed by atoms with Crippen LogP contribution < -0.4 is 21.1 Å². The number of rotatable bonds is 9. The van der Waals surface area contributed by atoms with Crippen LogP contribution in [0.1, 0.15) is 35.2 Å². The fourth-order valence-electron chi connectivity index (χ4n) is 3.25. The van der Waals surface area contributed by atoms with Gasteiger partial charge in [-0.3, -0.25) is 14.9 Å². The highest BCUT2D eigenvalue weighted by Gasteiger charge is 2.24. The number of amides is 4. The van der Waals surface area contributed by atoms with Crippen LogP contribution in [0, 0.1) is 15.2 Å². The molecule has 2 aromatic rings. The molecule has 1 aliphatic rings. The molecule has 1 unspecified atom stereocenters. The molecule has 3 rings (SSSR count). The summed E-state index contributed by atoms with van der Waals surface area (Å²) in [5.74, 6) is -3.09. The van der Waals surface area contributed by atoms with Crippen molar-refractivity contribution in [1.29, 1.82) is 0 Å². The number of likely N-dealkylation sites (tertiary alicyclic amines) is 1. The first kappa shape index (κ1) is 26.0. The van der Waals surface area contributed by atoms with Crippen LogP contribution in [-0.4, -0.2) is 58.0 Å². The summed E-state index contributed by atoms with van der Waals surface area (Å²) in [6.07, 6.45) is 0.644. The van der Waals surface area contributed by atoms with E-state index < -0.39 is 36.3 Å². The van der Waals surface area contributed by atoms with Crippen molar-refractivity contribution >= 4 is 57.0 Å². The summed E-state index contributed by atoms with van der Waals surface area (Å²) in [4.78, 5) is 37.8. The smallest absolute Gasteiger partial charge is 0.320 e. The van der Waals surface area contributed by atoms with Gasteiger partial charge in [0.2, 0.25) is 11.8 Å². The predicted molar refractivity (Wildman–Crippen MR) is 127 cm³/mol. The summed E-state index contributed by atoms with van der Waals surface area (Å²) in [6.45, 7) is 0.564. The molecule has 34 heavy (non-hydrogen) atoms. The Bertz CT molecular complexity index is 1060. The zero-order chi connectivity index (χ0) is 24.8. The number of anilines is 1. The lowest BCUT2D eigenvalue weighted by Crippen LogP contribution is -2.38. The van der Waals surface area contributed by atoms with Crippen molar-refractivity contribution < 1.29 is 33.0 Å². The second-order valence-corrected chi connectivity index (χ2v) is 9.49. The average Bonchev–Trinajstić information content (AvgIpc) is 3.42. The number of aliphatic hydroxyl groups is 1. The third-order valence-corrected chi connectivity index (χ3v) is 6.33. The number of primary amides is 1. The summed E-state index contributed by atoms with van der Waals surface area (Å²) in [5, 5.41) is 14.7. The van der Waals surface area contributed by atoms with E-state index in [9.17, 15) is 28.3 Å². The SMILES string of the molecule is NC(=O)c1c(OCc2c(F)cc(I)cc2F)nsc1NC(=O)NCC(O)CC(=O)N1CCCC1. The molecule has 0 bridgehead atoms. The van der Waals surface area contributed by atoms with Crippen molar-refractivity contribution in [3.8, 4) is 5.88 Å². The van der Waals surface area contributed by atoms with Crippen molar-refractivity contribution in [2.75, 3.05) is 25.0 Å². The van der Waals surface area contributed by atoms with Crippen LogP contribution in [0.3, 0.4) is 0 Å². The Kier molecular flexibility index (Phi) is 8.96. The molecular formula is C20H22F2IN5O5S. The van der Waals surface area contributed by atoms with Gasteiger partial charge in [0.15, 0.2) is 0 Å². The number of urea groups is 1. The fourth-order valence-corrected chi connectivity index (χ4v) is 4.54. The van der Waals surface area contributed by atoms with Gasteiger partial charge in [0, 0.05) is 23.2 Å². The van der Waals surface area contributed by atoms with E-state index in [2.05, 4.69) is 15.0 Å². The minimum atomic E-state index is -1.09. The minimum absolute atomic E-state index is 0.0498. The third-order valence-electron chi connectivity index (χ3n) is 4.96. The van der Waals surface area contributed by atoms with Gasteiger partial charge >= 0.3 is 6.03 Å². The Balaban J connectivity index is 1.57. The first-order valence-corrected chi connectivity index (χ1v) is 12.1. The van der Waals surface area contributed by atoms with Crippen LogP contribution in [0.25, 0.3) is 0 Å². The van der Waals surface area contributed by atoms with Gasteiger partial charge in [-0.25, -0.2) is 13.6 Å². The molecule has 2 heterocycles.